The summed E-state index contributed by atoms with van der Waals surface area (Å²) in [5, 5.41) is 3.60. The predicted molar refractivity (Wildman–Crippen MR) is 92.1 cm³/mol. The number of rotatable bonds is 4. The van der Waals surface area contributed by atoms with E-state index in [-0.39, 0.29) is 5.91 Å². The van der Waals surface area contributed by atoms with Crippen LogP contribution in [0.4, 0.5) is 5.69 Å². The van der Waals surface area contributed by atoms with Crippen molar-refractivity contribution >= 4 is 52.5 Å². The highest BCUT2D eigenvalue weighted by Crippen LogP contribution is 2.32. The summed E-state index contributed by atoms with van der Waals surface area (Å²) in [6.07, 6.45) is 3.04. The van der Waals surface area contributed by atoms with Crippen LogP contribution in [0, 0.1) is 0 Å². The first-order valence-electron chi connectivity index (χ1n) is 6.28. The number of hydrogen-bond acceptors (Lipinski definition) is 2. The highest BCUT2D eigenvalue weighted by molar-refractivity contribution is 6.44. The number of para-hydroxylation sites is 1. The zero-order valence-electron chi connectivity index (χ0n) is 11.6. The molecule has 2 rings (SSSR count). The van der Waals surface area contributed by atoms with Crippen LogP contribution in [0.5, 0.6) is 5.75 Å². The van der Waals surface area contributed by atoms with Gasteiger partial charge in [-0.15, -0.1) is 0 Å². The van der Waals surface area contributed by atoms with E-state index in [0.717, 1.165) is 5.56 Å². The third-order valence-electron chi connectivity index (χ3n) is 2.82. The van der Waals surface area contributed by atoms with Gasteiger partial charge in [0.1, 0.15) is 5.75 Å². The summed E-state index contributed by atoms with van der Waals surface area (Å²) >= 11 is 17.8. The van der Waals surface area contributed by atoms with E-state index in [0.29, 0.717) is 26.5 Å². The molecule has 0 aliphatic carbocycles. The summed E-state index contributed by atoms with van der Waals surface area (Å²) in [5.74, 6) is 0.338. The second-order valence-corrected chi connectivity index (χ2v) is 5.53. The summed E-state index contributed by atoms with van der Waals surface area (Å²) in [6.45, 7) is 0. The molecule has 2 aromatic rings. The number of benzene rings is 2. The van der Waals surface area contributed by atoms with Crippen molar-refractivity contribution in [1.82, 2.24) is 0 Å². The first kappa shape index (κ1) is 16.7. The fourth-order valence-electron chi connectivity index (χ4n) is 1.76. The van der Waals surface area contributed by atoms with Crippen LogP contribution in [0.15, 0.2) is 42.5 Å². The molecule has 1 N–H and O–H groups in total. The smallest absolute Gasteiger partial charge is 0.248 e. The minimum Gasteiger partial charge on any atom is -0.496 e. The minimum absolute atomic E-state index is 0.313. The molecular weight excluding hydrogens is 345 g/mol. The maximum atomic E-state index is 12.0. The number of carbonyl (C=O) groups excluding carboxylic acids is 1. The number of halogens is 3. The van der Waals surface area contributed by atoms with E-state index in [1.807, 2.05) is 24.3 Å². The molecule has 0 saturated carbocycles. The Balaban J connectivity index is 2.13. The molecule has 0 bridgehead atoms. The molecule has 0 atom stereocenters. The second-order valence-electron chi connectivity index (χ2n) is 4.31. The zero-order valence-corrected chi connectivity index (χ0v) is 13.8. The van der Waals surface area contributed by atoms with Gasteiger partial charge in [0.25, 0.3) is 0 Å². The van der Waals surface area contributed by atoms with Crippen molar-refractivity contribution in [3.05, 3.63) is 63.1 Å². The number of nitrogens with one attached hydrogen (secondary N) is 1. The van der Waals surface area contributed by atoms with E-state index < -0.39 is 0 Å². The maximum Gasteiger partial charge on any atom is 0.248 e. The highest BCUT2D eigenvalue weighted by Gasteiger charge is 2.08. The standard InChI is InChI=1S/C16H12Cl3NO2/c1-22-15-5-3-2-4-10(15)6-7-16(21)20-14-9-12(18)11(17)8-13(14)19/h2-9H,1H3,(H,20,21)/b7-6+. The minimum atomic E-state index is -0.341. The normalized spacial score (nSPS) is 10.7. The molecule has 0 aliphatic heterocycles. The molecule has 0 radical (unpaired) electrons. The van der Waals surface area contributed by atoms with Crippen molar-refractivity contribution in [2.45, 2.75) is 0 Å². The monoisotopic (exact) mass is 355 g/mol. The maximum absolute atomic E-state index is 12.0. The van der Waals surface area contributed by atoms with Gasteiger partial charge in [0.15, 0.2) is 0 Å². The number of hydrogen-bond donors (Lipinski definition) is 1. The molecule has 0 aromatic heterocycles. The van der Waals surface area contributed by atoms with Crippen LogP contribution in [0.3, 0.4) is 0 Å². The number of anilines is 1. The summed E-state index contributed by atoms with van der Waals surface area (Å²) in [4.78, 5) is 12.0. The van der Waals surface area contributed by atoms with Gasteiger partial charge < -0.3 is 10.1 Å². The SMILES string of the molecule is COc1ccccc1/C=C/C(=O)Nc1cc(Cl)c(Cl)cc1Cl. The van der Waals surface area contributed by atoms with Gasteiger partial charge >= 0.3 is 0 Å². The van der Waals surface area contributed by atoms with Crippen molar-refractivity contribution < 1.29 is 9.53 Å². The van der Waals surface area contributed by atoms with Gasteiger partial charge in [0, 0.05) is 11.6 Å². The predicted octanol–water partition coefficient (Wildman–Crippen LogP) is 5.31. The first-order chi connectivity index (χ1) is 10.5. The van der Waals surface area contributed by atoms with Crippen LogP contribution in [0.25, 0.3) is 6.08 Å². The average Bonchev–Trinajstić information content (AvgIpc) is 2.51. The molecule has 6 heteroatoms. The molecule has 1 amide bonds. The van der Waals surface area contributed by atoms with E-state index in [9.17, 15) is 4.79 Å². The molecule has 114 valence electrons. The lowest BCUT2D eigenvalue weighted by Crippen LogP contribution is -2.08. The molecule has 0 spiro atoms. The number of carbonyl (C=O) groups is 1. The summed E-state index contributed by atoms with van der Waals surface area (Å²) in [7, 11) is 1.57. The molecular formula is C16H12Cl3NO2. The van der Waals surface area contributed by atoms with Crippen LogP contribution >= 0.6 is 34.8 Å². The lowest BCUT2D eigenvalue weighted by molar-refractivity contribution is -0.111. The van der Waals surface area contributed by atoms with E-state index in [2.05, 4.69) is 5.32 Å². The second kappa shape index (κ2) is 7.54. The molecule has 2 aromatic carbocycles. The summed E-state index contributed by atoms with van der Waals surface area (Å²) in [5.41, 5.74) is 1.19. The third kappa shape index (κ3) is 4.17. The van der Waals surface area contributed by atoms with E-state index in [1.165, 1.54) is 18.2 Å². The lowest BCUT2D eigenvalue weighted by Gasteiger charge is -2.07. The Kier molecular flexibility index (Phi) is 5.72. The number of ether oxygens (including phenoxy) is 1. The number of methoxy groups -OCH3 is 1. The fraction of sp³-hybridized carbons (Fsp3) is 0.0625. The average molecular weight is 357 g/mol. The van der Waals surface area contributed by atoms with Crippen LogP contribution in [-0.4, -0.2) is 13.0 Å². The lowest BCUT2D eigenvalue weighted by atomic mass is 10.2. The van der Waals surface area contributed by atoms with Gasteiger partial charge in [-0.25, -0.2) is 0 Å². The van der Waals surface area contributed by atoms with E-state index >= 15 is 0 Å². The van der Waals surface area contributed by atoms with Gasteiger partial charge in [0.05, 0.1) is 27.9 Å². The summed E-state index contributed by atoms with van der Waals surface area (Å²) < 4.78 is 5.21. The Morgan fingerprint density at radius 2 is 1.77 bits per heavy atom. The fourth-order valence-corrected chi connectivity index (χ4v) is 2.36. The Morgan fingerprint density at radius 1 is 1.09 bits per heavy atom. The van der Waals surface area contributed by atoms with E-state index in [4.69, 9.17) is 39.5 Å². The Bertz CT molecular complexity index is 729. The van der Waals surface area contributed by atoms with Crippen LogP contribution in [0.2, 0.25) is 15.1 Å². The summed E-state index contributed by atoms with van der Waals surface area (Å²) in [6, 6.07) is 10.3. The van der Waals surface area contributed by atoms with Gasteiger partial charge in [-0.3, -0.25) is 4.79 Å². The molecule has 3 nitrogen and oxygen atoms in total. The van der Waals surface area contributed by atoms with Gasteiger partial charge in [-0.2, -0.15) is 0 Å². The topological polar surface area (TPSA) is 38.3 Å². The molecule has 0 aliphatic rings. The van der Waals surface area contributed by atoms with Crippen LogP contribution in [-0.2, 0) is 4.79 Å². The third-order valence-corrected chi connectivity index (χ3v) is 3.86. The Hall–Kier alpha value is -1.68. The van der Waals surface area contributed by atoms with Crippen LogP contribution < -0.4 is 10.1 Å². The van der Waals surface area contributed by atoms with Crippen LogP contribution in [0.1, 0.15) is 5.56 Å². The van der Waals surface area contributed by atoms with Crippen molar-refractivity contribution in [3.8, 4) is 5.75 Å². The largest absolute Gasteiger partial charge is 0.496 e. The highest BCUT2D eigenvalue weighted by atomic mass is 35.5. The van der Waals surface area contributed by atoms with Crippen molar-refractivity contribution in [2.24, 2.45) is 0 Å². The molecule has 0 heterocycles. The molecule has 0 saturated heterocycles. The first-order valence-corrected chi connectivity index (χ1v) is 7.41. The van der Waals surface area contributed by atoms with Gasteiger partial charge in [0.2, 0.25) is 5.91 Å². The molecule has 0 unspecified atom stereocenters. The quantitative estimate of drug-likeness (QED) is 0.596. The zero-order chi connectivity index (χ0) is 16.1. The van der Waals surface area contributed by atoms with Crippen molar-refractivity contribution in [2.75, 3.05) is 12.4 Å². The van der Waals surface area contributed by atoms with E-state index in [1.54, 1.807) is 13.2 Å². The van der Waals surface area contributed by atoms with Crippen molar-refractivity contribution in [1.29, 1.82) is 0 Å². The Morgan fingerprint density at radius 3 is 2.50 bits per heavy atom. The van der Waals surface area contributed by atoms with Gasteiger partial charge in [-0.05, 0) is 24.3 Å². The van der Waals surface area contributed by atoms with Crippen molar-refractivity contribution in [3.63, 3.8) is 0 Å². The van der Waals surface area contributed by atoms with Gasteiger partial charge in [-0.1, -0.05) is 53.0 Å². The molecule has 22 heavy (non-hydrogen) atoms. The Labute approximate surface area is 143 Å². The molecule has 0 fully saturated rings. The number of amides is 1.